The van der Waals surface area contributed by atoms with Gasteiger partial charge in [0.25, 0.3) is 0 Å². The molecule has 32 heavy (non-hydrogen) atoms. The van der Waals surface area contributed by atoms with Crippen molar-refractivity contribution in [1.29, 1.82) is 0 Å². The fourth-order valence-corrected chi connectivity index (χ4v) is 3.51. The van der Waals surface area contributed by atoms with Crippen molar-refractivity contribution in [3.05, 3.63) is 77.0 Å². The van der Waals surface area contributed by atoms with E-state index in [0.717, 1.165) is 30.0 Å². The molecule has 4 aromatic rings. The highest BCUT2D eigenvalue weighted by molar-refractivity contribution is 7.79. The lowest BCUT2D eigenvalue weighted by Gasteiger charge is -2.19. The number of nitrogens with zero attached hydrogens (tertiary/aromatic N) is 3. The Morgan fingerprint density at radius 2 is 1.84 bits per heavy atom. The van der Waals surface area contributed by atoms with Gasteiger partial charge in [-0.25, -0.2) is 14.4 Å². The van der Waals surface area contributed by atoms with Gasteiger partial charge in [0.15, 0.2) is 5.82 Å². The third-order valence-electron chi connectivity index (χ3n) is 4.92. The smallest absolute Gasteiger partial charge is 0.331 e. The molecule has 2 unspecified atom stereocenters. The molecular weight excluding hydrogens is 443 g/mol. The molecule has 0 saturated carbocycles. The lowest BCUT2D eigenvalue weighted by molar-refractivity contribution is 0.0333. The van der Waals surface area contributed by atoms with Crippen molar-refractivity contribution >= 4 is 33.6 Å². The number of fused-ring (bicyclic) bond motifs is 1. The Hall–Kier alpha value is -3.31. The van der Waals surface area contributed by atoms with Crippen molar-refractivity contribution in [3.8, 4) is 0 Å². The summed E-state index contributed by atoms with van der Waals surface area (Å²) >= 11 is -2.40. The Morgan fingerprint density at radius 1 is 1.12 bits per heavy atom. The molecule has 0 aliphatic heterocycles. The topological polar surface area (TPSA) is 107 Å². The third-order valence-corrected chi connectivity index (χ3v) is 5.77. The van der Waals surface area contributed by atoms with Crippen molar-refractivity contribution in [1.82, 2.24) is 20.2 Å². The molecule has 166 valence electrons. The molecule has 2 atom stereocenters. The van der Waals surface area contributed by atoms with Gasteiger partial charge in [-0.1, -0.05) is 6.07 Å². The second-order valence-corrected chi connectivity index (χ2v) is 8.45. The third kappa shape index (κ3) is 4.21. The number of benzene rings is 2. The van der Waals surface area contributed by atoms with Gasteiger partial charge >= 0.3 is 5.92 Å². The van der Waals surface area contributed by atoms with Crippen LogP contribution in [0.5, 0.6) is 0 Å². The second kappa shape index (κ2) is 8.32. The van der Waals surface area contributed by atoms with E-state index in [1.165, 1.54) is 13.0 Å². The van der Waals surface area contributed by atoms with Gasteiger partial charge in [0.05, 0.1) is 5.52 Å². The molecule has 0 aliphatic rings. The maximum atomic E-state index is 15.3. The van der Waals surface area contributed by atoms with Gasteiger partial charge in [0.2, 0.25) is 5.82 Å². The van der Waals surface area contributed by atoms with E-state index in [0.29, 0.717) is 16.8 Å². The van der Waals surface area contributed by atoms with Gasteiger partial charge in [-0.2, -0.15) is 13.9 Å². The van der Waals surface area contributed by atoms with Crippen LogP contribution in [0.25, 0.3) is 10.9 Å². The second-order valence-electron chi connectivity index (χ2n) is 7.22. The fraction of sp³-hybridized carbons (Fsp3) is 0.190. The van der Waals surface area contributed by atoms with Crippen molar-refractivity contribution in [3.63, 3.8) is 0 Å². The van der Waals surface area contributed by atoms with Crippen LogP contribution in [0, 0.1) is 12.7 Å². The minimum atomic E-state index is -3.64. The van der Waals surface area contributed by atoms with Gasteiger partial charge in [0, 0.05) is 28.0 Å². The fourth-order valence-electron chi connectivity index (χ4n) is 3.14. The molecule has 7 nitrogen and oxygen atoms in total. The van der Waals surface area contributed by atoms with Crippen molar-refractivity contribution in [2.45, 2.75) is 25.0 Å². The molecule has 0 amide bonds. The molecule has 4 rings (SSSR count). The van der Waals surface area contributed by atoms with Gasteiger partial charge in [0.1, 0.15) is 11.6 Å². The molecule has 11 heteroatoms. The van der Waals surface area contributed by atoms with Crippen LogP contribution in [-0.2, 0) is 17.0 Å². The van der Waals surface area contributed by atoms with E-state index in [1.807, 2.05) is 0 Å². The van der Waals surface area contributed by atoms with E-state index >= 15 is 8.78 Å². The molecule has 2 aromatic carbocycles. The largest absolute Gasteiger partial charge is 0.772 e. The highest BCUT2D eigenvalue weighted by Crippen LogP contribution is 2.36. The van der Waals surface area contributed by atoms with Crippen LogP contribution < -0.4 is 5.32 Å². The monoisotopic (exact) mass is 460 g/mol. The summed E-state index contributed by atoms with van der Waals surface area (Å²) in [5.74, 6) is -4.68. The molecular formula is C21H17F3N5O2S-. The van der Waals surface area contributed by atoms with Crippen molar-refractivity contribution in [2.24, 2.45) is 0 Å². The van der Waals surface area contributed by atoms with Crippen LogP contribution in [0.15, 0.2) is 48.5 Å². The molecule has 0 fully saturated rings. The first-order valence-corrected chi connectivity index (χ1v) is 10.6. The average molecular weight is 460 g/mol. The first kappa shape index (κ1) is 21.9. The predicted octanol–water partition coefficient (Wildman–Crippen LogP) is 4.62. The number of rotatable bonds is 6. The van der Waals surface area contributed by atoms with E-state index in [2.05, 4.69) is 25.5 Å². The summed E-state index contributed by atoms with van der Waals surface area (Å²) in [5.41, 5.74) is 0.783. The van der Waals surface area contributed by atoms with Crippen molar-refractivity contribution < 1.29 is 21.9 Å². The van der Waals surface area contributed by atoms with Crippen LogP contribution in [-0.4, -0.2) is 28.9 Å². The Kier molecular flexibility index (Phi) is 5.70. The zero-order valence-corrected chi connectivity index (χ0v) is 17.7. The van der Waals surface area contributed by atoms with Crippen molar-refractivity contribution in [2.75, 3.05) is 5.32 Å². The maximum absolute atomic E-state index is 15.3. The number of aromatic nitrogens is 4. The number of halogens is 3. The van der Waals surface area contributed by atoms with E-state index in [-0.39, 0.29) is 11.3 Å². The predicted molar refractivity (Wildman–Crippen MR) is 113 cm³/mol. The molecule has 0 bridgehead atoms. The lowest BCUT2D eigenvalue weighted by Crippen LogP contribution is -2.20. The summed E-state index contributed by atoms with van der Waals surface area (Å²) in [5, 5.41) is 9.22. The van der Waals surface area contributed by atoms with Crippen LogP contribution >= 0.6 is 0 Å². The number of nitrogens with one attached hydrogen (secondary N) is 2. The lowest BCUT2D eigenvalue weighted by atomic mass is 10.1. The zero-order chi connectivity index (χ0) is 23.0. The molecule has 0 radical (unpaired) electrons. The number of anilines is 2. The van der Waals surface area contributed by atoms with Gasteiger partial charge < -0.3 is 9.87 Å². The first-order valence-electron chi connectivity index (χ1n) is 9.48. The number of alkyl halides is 2. The van der Waals surface area contributed by atoms with E-state index in [9.17, 15) is 13.2 Å². The minimum Gasteiger partial charge on any atom is -0.772 e. The van der Waals surface area contributed by atoms with Gasteiger partial charge in [-0.05, 0) is 66.9 Å². The number of aryl methyl sites for hydroxylation is 1. The number of aromatic amines is 1. The molecule has 0 aliphatic carbocycles. The maximum Gasteiger partial charge on any atom is 0.331 e. The first-order chi connectivity index (χ1) is 15.1. The Labute approximate surface area is 183 Å². The van der Waals surface area contributed by atoms with Crippen LogP contribution in [0.3, 0.4) is 0 Å². The molecule has 2 N–H and O–H groups in total. The highest BCUT2D eigenvalue weighted by atomic mass is 32.2. The molecule has 2 aromatic heterocycles. The Balaban J connectivity index is 1.89. The van der Waals surface area contributed by atoms with Crippen LogP contribution in [0.1, 0.15) is 34.8 Å². The normalized spacial score (nSPS) is 13.8. The summed E-state index contributed by atoms with van der Waals surface area (Å²) in [6, 6.07) is 10.0. The number of hydrogen-bond acceptors (Lipinski definition) is 6. The highest BCUT2D eigenvalue weighted by Gasteiger charge is 2.38. The quantitative estimate of drug-likeness (QED) is 0.407. The van der Waals surface area contributed by atoms with E-state index in [4.69, 9.17) is 0 Å². The summed E-state index contributed by atoms with van der Waals surface area (Å²) in [6.45, 7) is 3.26. The molecule has 0 spiro atoms. The Morgan fingerprint density at radius 3 is 2.47 bits per heavy atom. The summed E-state index contributed by atoms with van der Waals surface area (Å²) in [4.78, 5) is 8.08. The minimum absolute atomic E-state index is 0.0701. The standard InChI is InChI=1S/C21H18F3N5O2S/c1-11-9-18(29-28-11)26-19-16-8-3-13(12(2)32(30)31)10-17(16)25-20(27-19)21(23,24)14-4-6-15(22)7-5-14/h3-10,12H,1-2H3,(H,30,31)(H2,25,26,27,28,29)/p-1. The molecule has 2 heterocycles. The summed E-state index contributed by atoms with van der Waals surface area (Å²) in [7, 11) is 0. The van der Waals surface area contributed by atoms with Gasteiger partial charge in [-0.3, -0.25) is 9.31 Å². The van der Waals surface area contributed by atoms with Crippen LogP contribution in [0.4, 0.5) is 24.8 Å². The Bertz CT molecular complexity index is 1310. The van der Waals surface area contributed by atoms with E-state index in [1.54, 1.807) is 25.1 Å². The van der Waals surface area contributed by atoms with E-state index < -0.39 is 39.5 Å². The number of hydrogen-bond donors (Lipinski definition) is 2. The van der Waals surface area contributed by atoms with Crippen LogP contribution in [0.2, 0.25) is 0 Å². The SMILES string of the molecule is Cc1cc(Nc2nc(C(F)(F)c3ccc(F)cc3)nc3cc(C(C)S(=O)[O-])ccc23)n[nH]1. The summed E-state index contributed by atoms with van der Waals surface area (Å²) < 4.78 is 66.5. The molecule has 0 saturated heterocycles. The van der Waals surface area contributed by atoms with Gasteiger partial charge in [-0.15, -0.1) is 0 Å². The number of H-pyrrole nitrogens is 1. The average Bonchev–Trinajstić information content (AvgIpc) is 3.17. The summed E-state index contributed by atoms with van der Waals surface area (Å²) in [6.07, 6.45) is 0. The zero-order valence-electron chi connectivity index (χ0n) is 16.9.